The van der Waals surface area contributed by atoms with Crippen LogP contribution < -0.4 is 5.32 Å². The Bertz CT molecular complexity index is 577. The third kappa shape index (κ3) is 2.58. The number of likely N-dealkylation sites (tertiary alicyclic amines) is 1. The van der Waals surface area contributed by atoms with Crippen molar-refractivity contribution in [2.75, 3.05) is 18.4 Å². The van der Waals surface area contributed by atoms with Crippen LogP contribution in [-0.4, -0.2) is 35.0 Å². The molecular formula is C14H16N4O2. The minimum Gasteiger partial charge on any atom is -0.380 e. The zero-order valence-corrected chi connectivity index (χ0v) is 11.1. The number of nitriles is 1. The summed E-state index contributed by atoms with van der Waals surface area (Å²) in [4.78, 5) is 12.7. The van der Waals surface area contributed by atoms with Gasteiger partial charge in [-0.2, -0.15) is 5.26 Å². The molecule has 20 heavy (non-hydrogen) atoms. The van der Waals surface area contributed by atoms with E-state index in [1.54, 1.807) is 6.07 Å². The summed E-state index contributed by atoms with van der Waals surface area (Å²) in [5.41, 5.74) is 0.989. The Morgan fingerprint density at radius 3 is 2.85 bits per heavy atom. The maximum Gasteiger partial charge on any atom is 0.270 e. The van der Waals surface area contributed by atoms with Crippen LogP contribution in [0.15, 0.2) is 18.2 Å². The van der Waals surface area contributed by atoms with Crippen molar-refractivity contribution in [1.82, 2.24) is 4.90 Å². The first-order chi connectivity index (χ1) is 9.67. The third-order valence-corrected chi connectivity index (χ3v) is 3.98. The molecule has 1 aromatic rings. The molecule has 1 N–H and O–H groups in total. The molecule has 2 fully saturated rings. The fraction of sp³-hybridized carbons (Fsp3) is 0.500. The minimum absolute atomic E-state index is 0.0434. The first kappa shape index (κ1) is 12.9. The molecule has 0 bridgehead atoms. The Hall–Kier alpha value is -2.13. The van der Waals surface area contributed by atoms with Crippen LogP contribution in [0.5, 0.6) is 0 Å². The monoisotopic (exact) mass is 272 g/mol. The first-order valence-electron chi connectivity index (χ1n) is 6.86. The van der Waals surface area contributed by atoms with Gasteiger partial charge in [-0.3, -0.25) is 15.0 Å². The lowest BCUT2D eigenvalue weighted by atomic mass is 10.1. The minimum atomic E-state index is -0.477. The molecule has 6 nitrogen and oxygen atoms in total. The summed E-state index contributed by atoms with van der Waals surface area (Å²) in [7, 11) is 0. The second kappa shape index (κ2) is 5.10. The predicted octanol–water partition coefficient (Wildman–Crippen LogP) is 2.12. The summed E-state index contributed by atoms with van der Waals surface area (Å²) in [6, 6.07) is 7.52. The van der Waals surface area contributed by atoms with E-state index < -0.39 is 4.92 Å². The van der Waals surface area contributed by atoms with Gasteiger partial charge in [0.1, 0.15) is 6.07 Å². The van der Waals surface area contributed by atoms with Crippen LogP contribution in [0.25, 0.3) is 0 Å². The van der Waals surface area contributed by atoms with Gasteiger partial charge in [-0.15, -0.1) is 0 Å². The number of benzene rings is 1. The number of nitro benzene ring substituents is 1. The fourth-order valence-corrected chi connectivity index (χ4v) is 2.76. The van der Waals surface area contributed by atoms with Gasteiger partial charge in [-0.05, 0) is 25.3 Å². The molecule has 104 valence electrons. The third-order valence-electron chi connectivity index (χ3n) is 3.98. The number of rotatable bonds is 4. The summed E-state index contributed by atoms with van der Waals surface area (Å²) in [6.45, 7) is 2.09. The van der Waals surface area contributed by atoms with Crippen LogP contribution in [0.2, 0.25) is 0 Å². The van der Waals surface area contributed by atoms with Gasteiger partial charge in [0.2, 0.25) is 0 Å². The number of non-ortho nitro benzene ring substituents is 1. The average Bonchev–Trinajstić information content (AvgIpc) is 3.19. The molecule has 3 rings (SSSR count). The zero-order chi connectivity index (χ0) is 14.1. The SMILES string of the molecule is N#Cc1cc([N+](=O)[O-])ccc1NC1CCN(C2CC2)C1. The highest BCUT2D eigenvalue weighted by Crippen LogP contribution is 2.31. The molecule has 1 aromatic carbocycles. The van der Waals surface area contributed by atoms with Crippen LogP contribution in [0.4, 0.5) is 11.4 Å². The van der Waals surface area contributed by atoms with Crippen molar-refractivity contribution in [3.8, 4) is 6.07 Å². The molecular weight excluding hydrogens is 256 g/mol. The van der Waals surface area contributed by atoms with E-state index in [1.165, 1.54) is 25.0 Å². The molecule has 1 saturated heterocycles. The molecule has 1 atom stereocenters. The van der Waals surface area contributed by atoms with E-state index in [-0.39, 0.29) is 5.69 Å². The quantitative estimate of drug-likeness (QED) is 0.670. The molecule has 1 unspecified atom stereocenters. The molecule has 2 aliphatic rings. The maximum atomic E-state index is 10.7. The van der Waals surface area contributed by atoms with Gasteiger partial charge >= 0.3 is 0 Å². The van der Waals surface area contributed by atoms with E-state index in [2.05, 4.69) is 10.2 Å². The number of hydrogen-bond donors (Lipinski definition) is 1. The average molecular weight is 272 g/mol. The van der Waals surface area contributed by atoms with Crippen LogP contribution in [-0.2, 0) is 0 Å². The van der Waals surface area contributed by atoms with Crippen LogP contribution >= 0.6 is 0 Å². The molecule has 0 amide bonds. The highest BCUT2D eigenvalue weighted by molar-refractivity contribution is 5.61. The van der Waals surface area contributed by atoms with Crippen LogP contribution in [0, 0.1) is 21.4 Å². The van der Waals surface area contributed by atoms with E-state index in [4.69, 9.17) is 5.26 Å². The van der Waals surface area contributed by atoms with E-state index >= 15 is 0 Å². The summed E-state index contributed by atoms with van der Waals surface area (Å²) in [6.07, 6.45) is 3.65. The molecule has 0 spiro atoms. The van der Waals surface area contributed by atoms with Crippen LogP contribution in [0.3, 0.4) is 0 Å². The Morgan fingerprint density at radius 1 is 1.40 bits per heavy atom. The highest BCUT2D eigenvalue weighted by Gasteiger charge is 2.34. The summed E-state index contributed by atoms with van der Waals surface area (Å²) in [5.74, 6) is 0. The molecule has 1 saturated carbocycles. The van der Waals surface area contributed by atoms with Crippen molar-refractivity contribution in [1.29, 1.82) is 5.26 Å². The largest absolute Gasteiger partial charge is 0.380 e. The highest BCUT2D eigenvalue weighted by atomic mass is 16.6. The van der Waals surface area contributed by atoms with Crippen LogP contribution in [0.1, 0.15) is 24.8 Å². The standard InChI is InChI=1S/C14H16N4O2/c15-8-10-7-13(18(19)20)3-4-14(10)16-11-5-6-17(9-11)12-1-2-12/h3-4,7,11-12,16H,1-2,5-6,9H2. The van der Waals surface area contributed by atoms with Crippen molar-refractivity contribution in [2.45, 2.75) is 31.3 Å². The predicted molar refractivity (Wildman–Crippen MR) is 74.4 cm³/mol. The van der Waals surface area contributed by atoms with E-state index in [1.807, 2.05) is 6.07 Å². The smallest absolute Gasteiger partial charge is 0.270 e. The number of nitrogens with zero attached hydrogens (tertiary/aromatic N) is 3. The Labute approximate surface area is 117 Å². The van der Waals surface area contributed by atoms with E-state index in [0.717, 1.165) is 25.6 Å². The lowest BCUT2D eigenvalue weighted by Crippen LogP contribution is -2.27. The van der Waals surface area contributed by atoms with Gasteiger partial charge in [-0.1, -0.05) is 0 Å². The normalized spacial score (nSPS) is 22.4. The molecule has 1 heterocycles. The van der Waals surface area contributed by atoms with Crippen molar-refractivity contribution in [3.05, 3.63) is 33.9 Å². The van der Waals surface area contributed by atoms with Gasteiger partial charge in [-0.25, -0.2) is 0 Å². The molecule has 0 radical (unpaired) electrons. The molecule has 1 aliphatic carbocycles. The van der Waals surface area contributed by atoms with E-state index in [9.17, 15) is 10.1 Å². The van der Waals surface area contributed by atoms with Gasteiger partial charge in [0.15, 0.2) is 0 Å². The lowest BCUT2D eigenvalue weighted by Gasteiger charge is -2.17. The van der Waals surface area contributed by atoms with Gasteiger partial charge in [0.05, 0.1) is 16.2 Å². The summed E-state index contributed by atoms with van der Waals surface area (Å²) < 4.78 is 0. The van der Waals surface area contributed by atoms with Crippen molar-refractivity contribution in [3.63, 3.8) is 0 Å². The summed E-state index contributed by atoms with van der Waals surface area (Å²) in [5, 5.41) is 23.2. The van der Waals surface area contributed by atoms with Gasteiger partial charge in [0, 0.05) is 37.3 Å². The number of hydrogen-bond acceptors (Lipinski definition) is 5. The second-order valence-corrected chi connectivity index (χ2v) is 5.45. The Kier molecular flexibility index (Phi) is 3.28. The fourth-order valence-electron chi connectivity index (χ4n) is 2.76. The summed E-state index contributed by atoms with van der Waals surface area (Å²) >= 11 is 0. The van der Waals surface area contributed by atoms with Crippen molar-refractivity contribution >= 4 is 11.4 Å². The first-order valence-corrected chi connectivity index (χ1v) is 6.86. The number of anilines is 1. The molecule has 1 aliphatic heterocycles. The second-order valence-electron chi connectivity index (χ2n) is 5.45. The Balaban J connectivity index is 1.71. The van der Waals surface area contributed by atoms with Crippen molar-refractivity contribution < 1.29 is 4.92 Å². The van der Waals surface area contributed by atoms with Gasteiger partial charge < -0.3 is 5.32 Å². The van der Waals surface area contributed by atoms with Gasteiger partial charge in [0.25, 0.3) is 5.69 Å². The Morgan fingerprint density at radius 2 is 2.20 bits per heavy atom. The van der Waals surface area contributed by atoms with Crippen molar-refractivity contribution in [2.24, 2.45) is 0 Å². The number of nitrogens with one attached hydrogen (secondary N) is 1. The maximum absolute atomic E-state index is 10.7. The lowest BCUT2D eigenvalue weighted by molar-refractivity contribution is -0.384. The zero-order valence-electron chi connectivity index (χ0n) is 11.1. The molecule has 6 heteroatoms. The van der Waals surface area contributed by atoms with E-state index in [0.29, 0.717) is 17.3 Å². The molecule has 0 aromatic heterocycles. The number of nitro groups is 1. The topological polar surface area (TPSA) is 82.2 Å².